The van der Waals surface area contributed by atoms with Gasteiger partial charge in [-0.2, -0.15) is 11.8 Å². The minimum Gasteiger partial charge on any atom is -0.324 e. The average Bonchev–Trinajstić information content (AvgIpc) is 2.26. The van der Waals surface area contributed by atoms with E-state index in [1.54, 1.807) is 19.3 Å². The van der Waals surface area contributed by atoms with Gasteiger partial charge < -0.3 is 5.73 Å². The van der Waals surface area contributed by atoms with E-state index in [9.17, 15) is 0 Å². The molecule has 1 nitrogen and oxygen atoms in total. The van der Waals surface area contributed by atoms with Crippen molar-refractivity contribution in [2.75, 3.05) is 11.5 Å². The molecule has 5 rings (SSSR count). The van der Waals surface area contributed by atoms with Gasteiger partial charge in [0.05, 0.1) is 0 Å². The van der Waals surface area contributed by atoms with Crippen LogP contribution in [0.15, 0.2) is 0 Å². The van der Waals surface area contributed by atoms with Crippen molar-refractivity contribution in [1.82, 2.24) is 0 Å². The van der Waals surface area contributed by atoms with Gasteiger partial charge in [-0.25, -0.2) is 0 Å². The van der Waals surface area contributed by atoms with Crippen LogP contribution in [-0.2, 0) is 0 Å². The lowest BCUT2D eigenvalue weighted by Crippen LogP contribution is -2.54. The molecule has 2 heteroatoms. The lowest BCUT2D eigenvalue weighted by Gasteiger charge is -2.59. The zero-order valence-corrected chi connectivity index (χ0v) is 12.3. The molecule has 1 aliphatic heterocycles. The Morgan fingerprint density at radius 1 is 1.00 bits per heavy atom. The summed E-state index contributed by atoms with van der Waals surface area (Å²) in [5, 5.41) is 0. The lowest BCUT2D eigenvalue weighted by molar-refractivity contribution is -0.0672. The summed E-state index contributed by atoms with van der Waals surface area (Å²) >= 11 is 2.11. The summed E-state index contributed by atoms with van der Waals surface area (Å²) in [6.45, 7) is 0. The summed E-state index contributed by atoms with van der Waals surface area (Å²) in [5.41, 5.74) is 7.63. The zero-order valence-electron chi connectivity index (χ0n) is 11.5. The predicted octanol–water partition coefficient (Wildman–Crippen LogP) is 3.82. The van der Waals surface area contributed by atoms with Gasteiger partial charge in [0.1, 0.15) is 0 Å². The van der Waals surface area contributed by atoms with Crippen molar-refractivity contribution in [3.63, 3.8) is 0 Å². The van der Waals surface area contributed by atoms with Gasteiger partial charge >= 0.3 is 0 Å². The smallest absolute Gasteiger partial charge is 0.0251 e. The molecular formula is C16H27NS. The molecule has 5 fully saturated rings. The summed E-state index contributed by atoms with van der Waals surface area (Å²) in [7, 11) is 0. The summed E-state index contributed by atoms with van der Waals surface area (Å²) in [6, 6.07) is 0. The minimum absolute atomic E-state index is 0.189. The molecule has 2 N–H and O–H groups in total. The molecule has 1 unspecified atom stereocenters. The lowest BCUT2D eigenvalue weighted by atomic mass is 9.47. The van der Waals surface area contributed by atoms with E-state index in [4.69, 9.17) is 5.73 Å². The van der Waals surface area contributed by atoms with E-state index in [0.29, 0.717) is 5.41 Å². The van der Waals surface area contributed by atoms with Gasteiger partial charge in [0.25, 0.3) is 0 Å². The third kappa shape index (κ3) is 2.04. The van der Waals surface area contributed by atoms with Gasteiger partial charge in [0, 0.05) is 11.3 Å². The van der Waals surface area contributed by atoms with Crippen LogP contribution in [0.1, 0.15) is 57.8 Å². The van der Waals surface area contributed by atoms with Crippen LogP contribution in [0.3, 0.4) is 0 Å². The van der Waals surface area contributed by atoms with Gasteiger partial charge in [0.15, 0.2) is 0 Å². The standard InChI is InChI=1S/C16H27NS/c17-16(2-1-3-18-11-16)10-15-7-12-4-13(8-15)6-14(5-12)9-15/h12-14H,1-11,17H2. The van der Waals surface area contributed by atoms with Gasteiger partial charge in [-0.1, -0.05) is 0 Å². The molecule has 0 radical (unpaired) electrons. The molecule has 0 spiro atoms. The van der Waals surface area contributed by atoms with E-state index in [1.807, 2.05) is 0 Å². The highest BCUT2D eigenvalue weighted by Gasteiger charge is 2.52. The molecule has 18 heavy (non-hydrogen) atoms. The Morgan fingerprint density at radius 2 is 1.61 bits per heavy atom. The quantitative estimate of drug-likeness (QED) is 0.821. The number of hydrogen-bond donors (Lipinski definition) is 1. The molecule has 4 aliphatic carbocycles. The van der Waals surface area contributed by atoms with Crippen LogP contribution < -0.4 is 5.73 Å². The third-order valence-corrected chi connectivity index (χ3v) is 7.60. The van der Waals surface area contributed by atoms with E-state index in [0.717, 1.165) is 17.8 Å². The Balaban J connectivity index is 1.53. The third-order valence-electron chi connectivity index (χ3n) is 6.24. The highest BCUT2D eigenvalue weighted by Crippen LogP contribution is 2.62. The van der Waals surface area contributed by atoms with E-state index < -0.39 is 0 Å². The molecule has 4 bridgehead atoms. The number of nitrogens with two attached hydrogens (primary N) is 1. The maximum atomic E-state index is 6.76. The Hall–Kier alpha value is 0.310. The summed E-state index contributed by atoms with van der Waals surface area (Å²) in [4.78, 5) is 0. The van der Waals surface area contributed by atoms with Crippen molar-refractivity contribution in [3.8, 4) is 0 Å². The van der Waals surface area contributed by atoms with Crippen LogP contribution in [0.25, 0.3) is 0 Å². The van der Waals surface area contributed by atoms with Crippen LogP contribution in [0, 0.1) is 23.2 Å². The topological polar surface area (TPSA) is 26.0 Å². The molecule has 0 aromatic rings. The van der Waals surface area contributed by atoms with Gasteiger partial charge in [-0.3, -0.25) is 0 Å². The molecule has 5 aliphatic rings. The number of rotatable bonds is 2. The fourth-order valence-electron chi connectivity index (χ4n) is 6.27. The largest absolute Gasteiger partial charge is 0.324 e. The predicted molar refractivity (Wildman–Crippen MR) is 78.7 cm³/mol. The van der Waals surface area contributed by atoms with E-state index >= 15 is 0 Å². The van der Waals surface area contributed by atoms with Crippen molar-refractivity contribution in [2.24, 2.45) is 28.9 Å². The Morgan fingerprint density at radius 3 is 2.11 bits per heavy atom. The van der Waals surface area contributed by atoms with Crippen LogP contribution in [0.2, 0.25) is 0 Å². The second-order valence-corrected chi connectivity index (χ2v) is 9.22. The molecule has 0 aromatic heterocycles. The molecule has 1 saturated heterocycles. The first kappa shape index (κ1) is 12.1. The first-order chi connectivity index (χ1) is 8.65. The van der Waals surface area contributed by atoms with Crippen molar-refractivity contribution >= 4 is 11.8 Å². The molecule has 0 amide bonds. The molecule has 1 atom stereocenters. The summed E-state index contributed by atoms with van der Waals surface area (Å²) in [6.07, 6.45) is 13.3. The Kier molecular flexibility index (Phi) is 2.79. The van der Waals surface area contributed by atoms with Crippen molar-refractivity contribution in [1.29, 1.82) is 0 Å². The first-order valence-corrected chi connectivity index (χ1v) is 9.17. The second kappa shape index (κ2) is 4.15. The highest BCUT2D eigenvalue weighted by molar-refractivity contribution is 7.99. The average molecular weight is 265 g/mol. The minimum atomic E-state index is 0.189. The van der Waals surface area contributed by atoms with Crippen LogP contribution in [0.5, 0.6) is 0 Å². The van der Waals surface area contributed by atoms with Gasteiger partial charge in [-0.15, -0.1) is 0 Å². The van der Waals surface area contributed by atoms with E-state index in [1.165, 1.54) is 50.0 Å². The van der Waals surface area contributed by atoms with Crippen molar-refractivity contribution in [3.05, 3.63) is 0 Å². The highest BCUT2D eigenvalue weighted by atomic mass is 32.2. The first-order valence-electron chi connectivity index (χ1n) is 8.02. The monoisotopic (exact) mass is 265 g/mol. The van der Waals surface area contributed by atoms with E-state index in [-0.39, 0.29) is 5.54 Å². The van der Waals surface area contributed by atoms with Gasteiger partial charge in [0.2, 0.25) is 0 Å². The van der Waals surface area contributed by atoms with Crippen LogP contribution in [0.4, 0.5) is 0 Å². The normalized spacial score (nSPS) is 54.8. The maximum Gasteiger partial charge on any atom is 0.0251 e. The number of thioether (sulfide) groups is 1. The van der Waals surface area contributed by atoms with Crippen LogP contribution in [-0.4, -0.2) is 17.0 Å². The fraction of sp³-hybridized carbons (Fsp3) is 1.00. The van der Waals surface area contributed by atoms with Crippen LogP contribution >= 0.6 is 11.8 Å². The fourth-order valence-corrected chi connectivity index (χ4v) is 7.41. The summed E-state index contributed by atoms with van der Waals surface area (Å²) in [5.74, 6) is 5.82. The SMILES string of the molecule is NC1(CC23CC4CC(CC(C4)C2)C3)CCCSC1. The van der Waals surface area contributed by atoms with E-state index in [2.05, 4.69) is 11.8 Å². The Bertz CT molecular complexity index is 297. The zero-order chi connectivity index (χ0) is 12.2. The van der Waals surface area contributed by atoms with Crippen molar-refractivity contribution in [2.45, 2.75) is 63.3 Å². The number of hydrogen-bond acceptors (Lipinski definition) is 2. The summed E-state index contributed by atoms with van der Waals surface area (Å²) < 4.78 is 0. The molecule has 1 heterocycles. The Labute approximate surface area is 116 Å². The second-order valence-electron chi connectivity index (χ2n) is 8.11. The van der Waals surface area contributed by atoms with Crippen molar-refractivity contribution < 1.29 is 0 Å². The van der Waals surface area contributed by atoms with Gasteiger partial charge in [-0.05, 0) is 86.7 Å². The maximum absolute atomic E-state index is 6.76. The molecule has 4 saturated carbocycles. The molecular weight excluding hydrogens is 238 g/mol. The molecule has 102 valence electrons. The molecule has 0 aromatic carbocycles.